The van der Waals surface area contributed by atoms with Crippen molar-refractivity contribution >= 4 is 0 Å². The van der Waals surface area contributed by atoms with Crippen LogP contribution in [0.2, 0.25) is 0 Å². The summed E-state index contributed by atoms with van der Waals surface area (Å²) in [5.74, 6) is -0.991. The summed E-state index contributed by atoms with van der Waals surface area (Å²) < 4.78 is 23.1. The van der Waals surface area contributed by atoms with Crippen molar-refractivity contribution in [3.8, 4) is 0 Å². The highest BCUT2D eigenvalue weighted by Gasteiger charge is 2.51. The van der Waals surface area contributed by atoms with Gasteiger partial charge in [-0.1, -0.05) is 0 Å². The molecule has 0 N–H and O–H groups in total. The quantitative estimate of drug-likeness (QED) is 0.588. The highest BCUT2D eigenvalue weighted by Crippen LogP contribution is 2.47. The van der Waals surface area contributed by atoms with Gasteiger partial charge in [-0.05, 0) is 25.0 Å². The summed E-state index contributed by atoms with van der Waals surface area (Å²) in [5.41, 5.74) is 2.25. The molecule has 0 aromatic carbocycles. The molecule has 2 heterocycles. The van der Waals surface area contributed by atoms with Crippen LogP contribution in [-0.2, 0) is 18.9 Å². The molecule has 0 saturated carbocycles. The Balaban J connectivity index is 1.98. The molecule has 3 rings (SSSR count). The van der Waals surface area contributed by atoms with Gasteiger partial charge < -0.3 is 18.9 Å². The molecule has 4 nitrogen and oxygen atoms in total. The summed E-state index contributed by atoms with van der Waals surface area (Å²) in [6.45, 7) is 6.84. The molecule has 2 aliphatic heterocycles. The molecule has 0 aromatic heterocycles. The van der Waals surface area contributed by atoms with E-state index in [1.54, 1.807) is 0 Å². The zero-order valence-corrected chi connectivity index (χ0v) is 9.88. The van der Waals surface area contributed by atoms with Crippen molar-refractivity contribution in [2.24, 2.45) is 0 Å². The van der Waals surface area contributed by atoms with Gasteiger partial charge in [0.1, 0.15) is 0 Å². The lowest BCUT2D eigenvalue weighted by Crippen LogP contribution is -2.45. The maximum Gasteiger partial charge on any atom is 0.191 e. The van der Waals surface area contributed by atoms with Crippen LogP contribution in [0.1, 0.15) is 26.7 Å². The third kappa shape index (κ3) is 1.31. The van der Waals surface area contributed by atoms with Crippen LogP contribution in [-0.4, -0.2) is 38.0 Å². The molecule has 2 spiro atoms. The predicted molar refractivity (Wildman–Crippen MR) is 56.9 cm³/mol. The molecule has 0 aromatic rings. The molecular weight excluding hydrogens is 208 g/mol. The van der Waals surface area contributed by atoms with Gasteiger partial charge in [-0.2, -0.15) is 0 Å². The Morgan fingerprint density at radius 3 is 1.31 bits per heavy atom. The van der Waals surface area contributed by atoms with Gasteiger partial charge in [0.05, 0.1) is 26.4 Å². The summed E-state index contributed by atoms with van der Waals surface area (Å²) in [4.78, 5) is 0. The minimum atomic E-state index is -0.495. The van der Waals surface area contributed by atoms with Crippen LogP contribution in [0, 0.1) is 0 Å². The minimum Gasteiger partial charge on any atom is -0.344 e. The Kier molecular flexibility index (Phi) is 2.37. The van der Waals surface area contributed by atoms with Crippen molar-refractivity contribution < 1.29 is 18.9 Å². The van der Waals surface area contributed by atoms with Crippen molar-refractivity contribution in [2.75, 3.05) is 26.4 Å². The van der Waals surface area contributed by atoms with E-state index in [0.717, 1.165) is 24.0 Å². The fourth-order valence-electron chi connectivity index (χ4n) is 2.91. The second-order valence-electron chi connectivity index (χ2n) is 4.65. The molecule has 0 amide bonds. The van der Waals surface area contributed by atoms with E-state index >= 15 is 0 Å². The van der Waals surface area contributed by atoms with Gasteiger partial charge in [0.25, 0.3) is 0 Å². The van der Waals surface area contributed by atoms with Gasteiger partial charge in [0.2, 0.25) is 0 Å². The van der Waals surface area contributed by atoms with Gasteiger partial charge in [0, 0.05) is 12.8 Å². The van der Waals surface area contributed by atoms with E-state index in [-0.39, 0.29) is 0 Å². The van der Waals surface area contributed by atoms with Crippen LogP contribution in [0.25, 0.3) is 0 Å². The van der Waals surface area contributed by atoms with E-state index < -0.39 is 11.6 Å². The highest BCUT2D eigenvalue weighted by atomic mass is 16.7. The van der Waals surface area contributed by atoms with Crippen molar-refractivity contribution in [3.05, 3.63) is 11.1 Å². The third-order valence-electron chi connectivity index (χ3n) is 4.00. The fraction of sp³-hybridized carbons (Fsp3) is 0.833. The van der Waals surface area contributed by atoms with Crippen molar-refractivity contribution in [3.63, 3.8) is 0 Å². The molecule has 3 aliphatic rings. The predicted octanol–water partition coefficient (Wildman–Crippen LogP) is 1.60. The molecular formula is C12H18O4. The van der Waals surface area contributed by atoms with Crippen LogP contribution >= 0.6 is 0 Å². The van der Waals surface area contributed by atoms with E-state index in [2.05, 4.69) is 13.8 Å². The summed E-state index contributed by atoms with van der Waals surface area (Å²) in [6.07, 6.45) is 1.63. The maximum atomic E-state index is 5.78. The van der Waals surface area contributed by atoms with E-state index in [1.165, 1.54) is 0 Å². The highest BCUT2D eigenvalue weighted by molar-refractivity contribution is 5.29. The Labute approximate surface area is 95.5 Å². The SMILES string of the molecule is CC1=C(C)C2(CCC13OCCO3)OCCO2. The molecule has 0 atom stereocenters. The summed E-state index contributed by atoms with van der Waals surface area (Å²) in [5, 5.41) is 0. The smallest absolute Gasteiger partial charge is 0.191 e. The Hall–Kier alpha value is -0.420. The van der Waals surface area contributed by atoms with Crippen molar-refractivity contribution in [1.82, 2.24) is 0 Å². The summed E-state index contributed by atoms with van der Waals surface area (Å²) in [6, 6.07) is 0. The van der Waals surface area contributed by atoms with Crippen LogP contribution in [0.4, 0.5) is 0 Å². The second-order valence-corrected chi connectivity index (χ2v) is 4.65. The lowest BCUT2D eigenvalue weighted by Gasteiger charge is -2.41. The first kappa shape index (κ1) is 10.7. The first-order valence-corrected chi connectivity index (χ1v) is 5.93. The topological polar surface area (TPSA) is 36.9 Å². The van der Waals surface area contributed by atoms with E-state index in [4.69, 9.17) is 18.9 Å². The zero-order valence-electron chi connectivity index (χ0n) is 9.88. The largest absolute Gasteiger partial charge is 0.344 e. The van der Waals surface area contributed by atoms with Crippen LogP contribution in [0.3, 0.4) is 0 Å². The zero-order chi connectivity index (χ0) is 11.2. The fourth-order valence-corrected chi connectivity index (χ4v) is 2.91. The van der Waals surface area contributed by atoms with Crippen LogP contribution in [0.5, 0.6) is 0 Å². The van der Waals surface area contributed by atoms with Gasteiger partial charge in [-0.3, -0.25) is 0 Å². The van der Waals surface area contributed by atoms with Crippen molar-refractivity contribution in [1.29, 1.82) is 0 Å². The molecule has 0 radical (unpaired) electrons. The van der Waals surface area contributed by atoms with Crippen LogP contribution < -0.4 is 0 Å². The number of hydrogen-bond donors (Lipinski definition) is 0. The Morgan fingerprint density at radius 2 is 1.00 bits per heavy atom. The minimum absolute atomic E-state index is 0.495. The first-order valence-electron chi connectivity index (χ1n) is 5.93. The average Bonchev–Trinajstić information content (AvgIpc) is 2.93. The van der Waals surface area contributed by atoms with Crippen molar-refractivity contribution in [2.45, 2.75) is 38.3 Å². The molecule has 2 fully saturated rings. The lowest BCUT2D eigenvalue weighted by molar-refractivity contribution is -0.191. The standard InChI is InChI=1S/C12H18O4/c1-9-10(2)12(15-7-8-16-12)4-3-11(9)13-5-6-14-11/h3-8H2,1-2H3. The Morgan fingerprint density at radius 1 is 0.688 bits per heavy atom. The molecule has 90 valence electrons. The number of hydrogen-bond acceptors (Lipinski definition) is 4. The van der Waals surface area contributed by atoms with Gasteiger partial charge in [0.15, 0.2) is 11.6 Å². The third-order valence-corrected chi connectivity index (χ3v) is 4.00. The maximum absolute atomic E-state index is 5.78. The molecule has 0 unspecified atom stereocenters. The van der Waals surface area contributed by atoms with E-state index in [1.807, 2.05) is 0 Å². The van der Waals surface area contributed by atoms with Gasteiger partial charge in [-0.15, -0.1) is 0 Å². The van der Waals surface area contributed by atoms with Gasteiger partial charge in [-0.25, -0.2) is 0 Å². The molecule has 1 aliphatic carbocycles. The molecule has 4 heteroatoms. The summed E-state index contributed by atoms with van der Waals surface area (Å²) in [7, 11) is 0. The number of rotatable bonds is 0. The van der Waals surface area contributed by atoms with Crippen LogP contribution in [0.15, 0.2) is 11.1 Å². The number of ether oxygens (including phenoxy) is 4. The van der Waals surface area contributed by atoms with E-state index in [0.29, 0.717) is 26.4 Å². The van der Waals surface area contributed by atoms with E-state index in [9.17, 15) is 0 Å². The Bertz CT molecular complexity index is 290. The second kappa shape index (κ2) is 3.53. The molecule has 2 saturated heterocycles. The normalized spacial score (nSPS) is 31.9. The molecule has 0 bridgehead atoms. The lowest BCUT2D eigenvalue weighted by atomic mass is 9.83. The molecule has 16 heavy (non-hydrogen) atoms. The summed E-state index contributed by atoms with van der Waals surface area (Å²) >= 11 is 0. The monoisotopic (exact) mass is 226 g/mol. The van der Waals surface area contributed by atoms with Gasteiger partial charge >= 0.3 is 0 Å². The first-order chi connectivity index (χ1) is 7.69. The average molecular weight is 226 g/mol.